The van der Waals surface area contributed by atoms with E-state index in [0.29, 0.717) is 16.8 Å². The highest BCUT2D eigenvalue weighted by atomic mass is 32.2. The van der Waals surface area contributed by atoms with Gasteiger partial charge in [0.2, 0.25) is 10.0 Å². The van der Waals surface area contributed by atoms with Gasteiger partial charge >= 0.3 is 5.69 Å². The number of imidazole rings is 1. The molecule has 0 unspecified atom stereocenters. The predicted octanol–water partition coefficient (Wildman–Crippen LogP) is 1.46. The van der Waals surface area contributed by atoms with E-state index in [4.69, 9.17) is 9.47 Å². The highest BCUT2D eigenvalue weighted by molar-refractivity contribution is 7.89. The first kappa shape index (κ1) is 18.9. The second kappa shape index (κ2) is 7.41. The third-order valence-corrected chi connectivity index (χ3v) is 5.49. The summed E-state index contributed by atoms with van der Waals surface area (Å²) in [6, 6.07) is 8.14. The van der Waals surface area contributed by atoms with Crippen molar-refractivity contribution in [1.29, 1.82) is 0 Å². The molecule has 27 heavy (non-hydrogen) atoms. The lowest BCUT2D eigenvalue weighted by Crippen LogP contribution is -2.30. The van der Waals surface area contributed by atoms with Gasteiger partial charge in [-0.25, -0.2) is 22.3 Å². The van der Waals surface area contributed by atoms with Crippen LogP contribution in [0.5, 0.6) is 11.5 Å². The molecule has 0 aliphatic heterocycles. The van der Waals surface area contributed by atoms with Crippen molar-refractivity contribution >= 4 is 21.1 Å². The Labute approximate surface area is 154 Å². The van der Waals surface area contributed by atoms with Crippen molar-refractivity contribution in [1.82, 2.24) is 14.3 Å². The molecule has 0 spiro atoms. The zero-order valence-corrected chi connectivity index (χ0v) is 15.5. The van der Waals surface area contributed by atoms with Crippen LogP contribution in [0.4, 0.5) is 4.39 Å². The number of hydrogen-bond donors (Lipinski definition) is 2. The highest BCUT2D eigenvalue weighted by Crippen LogP contribution is 2.29. The summed E-state index contributed by atoms with van der Waals surface area (Å²) in [6.07, 6.45) is 0. The SMILES string of the molecule is COc1ccc(S(=O)(=O)NCCn2c(=O)[nH]c3cc(F)ccc32)cc1OC. The van der Waals surface area contributed by atoms with Gasteiger partial charge in [-0.2, -0.15) is 0 Å². The minimum atomic E-state index is -3.82. The van der Waals surface area contributed by atoms with Crippen LogP contribution in [0.3, 0.4) is 0 Å². The fourth-order valence-electron chi connectivity index (χ4n) is 2.72. The van der Waals surface area contributed by atoms with E-state index in [9.17, 15) is 17.6 Å². The molecule has 1 aromatic heterocycles. The molecule has 0 radical (unpaired) electrons. The molecule has 0 aliphatic rings. The summed E-state index contributed by atoms with van der Waals surface area (Å²) in [5, 5.41) is 0. The number of aromatic amines is 1. The summed E-state index contributed by atoms with van der Waals surface area (Å²) in [7, 11) is -0.951. The van der Waals surface area contributed by atoms with Crippen LogP contribution in [0.2, 0.25) is 0 Å². The van der Waals surface area contributed by atoms with Gasteiger partial charge in [0.25, 0.3) is 0 Å². The average Bonchev–Trinajstić information content (AvgIpc) is 2.95. The van der Waals surface area contributed by atoms with E-state index in [-0.39, 0.29) is 23.7 Å². The van der Waals surface area contributed by atoms with E-state index in [1.807, 2.05) is 0 Å². The zero-order valence-electron chi connectivity index (χ0n) is 14.7. The van der Waals surface area contributed by atoms with Gasteiger partial charge in [-0.05, 0) is 30.3 Å². The van der Waals surface area contributed by atoms with Gasteiger partial charge in [0.15, 0.2) is 11.5 Å². The fourth-order valence-corrected chi connectivity index (χ4v) is 3.75. The standard InChI is InChI=1S/C17H18FN3O5S/c1-25-15-6-4-12(10-16(15)26-2)27(23,24)19-7-8-21-14-5-3-11(18)9-13(14)20-17(21)22/h3-6,9-10,19H,7-8H2,1-2H3,(H,20,22). The van der Waals surface area contributed by atoms with Crippen LogP contribution in [0.1, 0.15) is 0 Å². The minimum Gasteiger partial charge on any atom is -0.493 e. The maximum atomic E-state index is 13.2. The van der Waals surface area contributed by atoms with Crippen molar-refractivity contribution in [2.24, 2.45) is 0 Å². The number of rotatable bonds is 7. The summed E-state index contributed by atoms with van der Waals surface area (Å²) >= 11 is 0. The minimum absolute atomic E-state index is 0.00787. The number of fused-ring (bicyclic) bond motifs is 1. The summed E-state index contributed by atoms with van der Waals surface area (Å²) in [4.78, 5) is 14.5. The van der Waals surface area contributed by atoms with Crippen LogP contribution in [0.25, 0.3) is 11.0 Å². The highest BCUT2D eigenvalue weighted by Gasteiger charge is 2.17. The lowest BCUT2D eigenvalue weighted by atomic mass is 10.3. The Kier molecular flexibility index (Phi) is 5.19. The molecule has 0 aliphatic carbocycles. The summed E-state index contributed by atoms with van der Waals surface area (Å²) < 4.78 is 52.2. The van der Waals surface area contributed by atoms with E-state index in [0.717, 1.165) is 0 Å². The number of hydrogen-bond acceptors (Lipinski definition) is 5. The van der Waals surface area contributed by atoms with Crippen molar-refractivity contribution in [3.05, 3.63) is 52.7 Å². The molecular formula is C17H18FN3O5S. The Balaban J connectivity index is 1.77. The van der Waals surface area contributed by atoms with Crippen LogP contribution >= 0.6 is 0 Å². The molecule has 0 amide bonds. The Bertz CT molecular complexity index is 1140. The third kappa shape index (κ3) is 3.81. The molecule has 0 saturated heterocycles. The van der Waals surface area contributed by atoms with Crippen molar-refractivity contribution < 1.29 is 22.3 Å². The van der Waals surface area contributed by atoms with Gasteiger partial charge in [0.1, 0.15) is 5.82 Å². The number of ether oxygens (including phenoxy) is 2. The number of methoxy groups -OCH3 is 2. The third-order valence-electron chi connectivity index (χ3n) is 4.03. The molecule has 0 bridgehead atoms. The van der Waals surface area contributed by atoms with Crippen LogP contribution < -0.4 is 19.9 Å². The summed E-state index contributed by atoms with van der Waals surface area (Å²) in [5.41, 5.74) is 0.398. The van der Waals surface area contributed by atoms with Crippen molar-refractivity contribution in [3.8, 4) is 11.5 Å². The smallest absolute Gasteiger partial charge is 0.326 e. The van der Waals surface area contributed by atoms with Crippen LogP contribution in [-0.4, -0.2) is 38.7 Å². The molecule has 3 rings (SSSR count). The summed E-state index contributed by atoms with van der Waals surface area (Å²) in [6.45, 7) is 0.0535. The van der Waals surface area contributed by atoms with Gasteiger partial charge < -0.3 is 14.5 Å². The summed E-state index contributed by atoms with van der Waals surface area (Å²) in [5.74, 6) is 0.231. The van der Waals surface area contributed by atoms with Gasteiger partial charge in [-0.3, -0.25) is 4.57 Å². The van der Waals surface area contributed by atoms with Gasteiger partial charge in [-0.1, -0.05) is 0 Å². The van der Waals surface area contributed by atoms with E-state index < -0.39 is 21.5 Å². The Hall–Kier alpha value is -2.85. The van der Waals surface area contributed by atoms with Crippen molar-refractivity contribution in [2.75, 3.05) is 20.8 Å². The number of aromatic nitrogens is 2. The normalized spacial score (nSPS) is 11.7. The number of halogens is 1. The van der Waals surface area contributed by atoms with Crippen LogP contribution in [-0.2, 0) is 16.6 Å². The van der Waals surface area contributed by atoms with Gasteiger partial charge in [0, 0.05) is 19.2 Å². The maximum Gasteiger partial charge on any atom is 0.326 e. The Morgan fingerprint density at radius 3 is 2.56 bits per heavy atom. The molecule has 2 N–H and O–H groups in total. The molecule has 0 fully saturated rings. The molecule has 2 aromatic carbocycles. The topological polar surface area (TPSA) is 102 Å². The predicted molar refractivity (Wildman–Crippen MR) is 97.3 cm³/mol. The second-order valence-corrected chi connectivity index (χ2v) is 7.42. The van der Waals surface area contributed by atoms with Crippen LogP contribution in [0, 0.1) is 5.82 Å². The molecule has 10 heteroatoms. The monoisotopic (exact) mass is 395 g/mol. The molecule has 8 nitrogen and oxygen atoms in total. The number of sulfonamides is 1. The number of H-pyrrole nitrogens is 1. The number of nitrogens with one attached hydrogen (secondary N) is 2. The maximum absolute atomic E-state index is 13.2. The molecule has 3 aromatic rings. The van der Waals surface area contributed by atoms with Crippen molar-refractivity contribution in [2.45, 2.75) is 11.4 Å². The molecule has 144 valence electrons. The molecule has 0 atom stereocenters. The largest absolute Gasteiger partial charge is 0.493 e. The van der Waals surface area contributed by atoms with Crippen LogP contribution in [0.15, 0.2) is 46.1 Å². The Morgan fingerprint density at radius 1 is 1.11 bits per heavy atom. The van der Waals surface area contributed by atoms with Crippen molar-refractivity contribution in [3.63, 3.8) is 0 Å². The second-order valence-electron chi connectivity index (χ2n) is 5.66. The average molecular weight is 395 g/mol. The first-order chi connectivity index (χ1) is 12.9. The van der Waals surface area contributed by atoms with E-state index >= 15 is 0 Å². The zero-order chi connectivity index (χ0) is 19.6. The Morgan fingerprint density at radius 2 is 1.85 bits per heavy atom. The molecule has 1 heterocycles. The van der Waals surface area contributed by atoms with Gasteiger partial charge in [0.05, 0.1) is 30.1 Å². The quantitative estimate of drug-likeness (QED) is 0.631. The molecule has 0 saturated carbocycles. The fraction of sp³-hybridized carbons (Fsp3) is 0.235. The lowest BCUT2D eigenvalue weighted by Gasteiger charge is -2.11. The lowest BCUT2D eigenvalue weighted by molar-refractivity contribution is 0.354. The van der Waals surface area contributed by atoms with Gasteiger partial charge in [-0.15, -0.1) is 0 Å². The first-order valence-electron chi connectivity index (χ1n) is 7.95. The van der Waals surface area contributed by atoms with E-state index in [1.54, 1.807) is 0 Å². The molecular weight excluding hydrogens is 377 g/mol. The first-order valence-corrected chi connectivity index (χ1v) is 9.44. The number of benzene rings is 2. The number of nitrogens with zero attached hydrogens (tertiary/aromatic N) is 1. The van der Waals surface area contributed by atoms with E-state index in [1.165, 1.54) is 55.2 Å². The van der Waals surface area contributed by atoms with E-state index in [2.05, 4.69) is 9.71 Å².